The average molecular weight is 202 g/mol. The third-order valence-electron chi connectivity index (χ3n) is 2.76. The van der Waals surface area contributed by atoms with Crippen LogP contribution in [-0.2, 0) is 13.0 Å². The number of rotatable bonds is 4. The molecule has 0 saturated heterocycles. The van der Waals surface area contributed by atoms with Gasteiger partial charge < -0.3 is 5.73 Å². The lowest BCUT2D eigenvalue weighted by Gasteiger charge is -2.14. The summed E-state index contributed by atoms with van der Waals surface area (Å²) in [6.45, 7) is 3.96. The van der Waals surface area contributed by atoms with Crippen LogP contribution in [0.2, 0.25) is 0 Å². The molecule has 1 aromatic rings. The highest BCUT2D eigenvalue weighted by Gasteiger charge is 2.06. The van der Waals surface area contributed by atoms with E-state index in [2.05, 4.69) is 41.3 Å². The third-order valence-corrected chi connectivity index (χ3v) is 2.76. The second kappa shape index (κ2) is 5.10. The maximum atomic E-state index is 5.51. The maximum absolute atomic E-state index is 5.51. The predicted octanol–water partition coefficient (Wildman–Crippen LogP) is 1.56. The quantitative estimate of drug-likeness (QED) is 0.751. The Morgan fingerprint density at radius 2 is 1.60 bits per heavy atom. The van der Waals surface area contributed by atoms with Gasteiger partial charge in [0.15, 0.2) is 0 Å². The predicted molar refractivity (Wildman–Crippen MR) is 63.6 cm³/mol. The van der Waals surface area contributed by atoms with Crippen LogP contribution in [0.1, 0.15) is 11.1 Å². The van der Waals surface area contributed by atoms with Crippen molar-refractivity contribution in [2.75, 3.05) is 19.6 Å². The zero-order valence-corrected chi connectivity index (χ0v) is 9.02. The molecule has 80 valence electrons. The molecule has 0 amide bonds. The fraction of sp³-hybridized carbons (Fsp3) is 0.385. The smallest absolute Gasteiger partial charge is 0.0240 e. The molecule has 2 heteroatoms. The number of nitrogens with two attached hydrogens (primary N) is 1. The van der Waals surface area contributed by atoms with E-state index in [1.54, 1.807) is 0 Å². The third kappa shape index (κ3) is 2.91. The summed E-state index contributed by atoms with van der Waals surface area (Å²) in [7, 11) is 0. The molecule has 0 unspecified atom stereocenters. The van der Waals surface area contributed by atoms with Crippen molar-refractivity contribution in [3.63, 3.8) is 0 Å². The Balaban J connectivity index is 1.91. The van der Waals surface area contributed by atoms with Crippen LogP contribution < -0.4 is 5.73 Å². The lowest BCUT2D eigenvalue weighted by atomic mass is 10.1. The van der Waals surface area contributed by atoms with Gasteiger partial charge in [-0.1, -0.05) is 36.4 Å². The Morgan fingerprint density at radius 3 is 2.20 bits per heavy atom. The molecule has 1 aliphatic rings. The summed E-state index contributed by atoms with van der Waals surface area (Å²) in [5.74, 6) is 0. The van der Waals surface area contributed by atoms with Gasteiger partial charge >= 0.3 is 0 Å². The molecule has 1 heterocycles. The molecule has 0 saturated carbocycles. The Kier molecular flexibility index (Phi) is 3.54. The van der Waals surface area contributed by atoms with E-state index in [9.17, 15) is 0 Å². The summed E-state index contributed by atoms with van der Waals surface area (Å²) in [5.41, 5.74) is 8.24. The number of benzene rings is 1. The lowest BCUT2D eigenvalue weighted by Crippen LogP contribution is -2.19. The van der Waals surface area contributed by atoms with Gasteiger partial charge in [-0.05, 0) is 24.1 Å². The van der Waals surface area contributed by atoms with Crippen molar-refractivity contribution in [1.29, 1.82) is 0 Å². The molecule has 2 rings (SSSR count). The topological polar surface area (TPSA) is 29.3 Å². The molecule has 2 N–H and O–H groups in total. The van der Waals surface area contributed by atoms with E-state index in [1.807, 2.05) is 0 Å². The molecule has 1 aromatic carbocycles. The molecule has 0 aliphatic carbocycles. The second-order valence-electron chi connectivity index (χ2n) is 4.02. The van der Waals surface area contributed by atoms with Crippen LogP contribution in [-0.4, -0.2) is 24.5 Å². The number of hydrogen-bond donors (Lipinski definition) is 1. The molecule has 0 fully saturated rings. The summed E-state index contributed by atoms with van der Waals surface area (Å²) in [4.78, 5) is 2.41. The summed E-state index contributed by atoms with van der Waals surface area (Å²) in [5, 5.41) is 0. The maximum Gasteiger partial charge on any atom is 0.0240 e. The first-order valence-corrected chi connectivity index (χ1v) is 5.54. The monoisotopic (exact) mass is 202 g/mol. The molecule has 0 spiro atoms. The Morgan fingerprint density at radius 1 is 1.00 bits per heavy atom. The van der Waals surface area contributed by atoms with Crippen LogP contribution in [0.15, 0.2) is 36.4 Å². The summed E-state index contributed by atoms with van der Waals surface area (Å²) in [6.07, 6.45) is 5.43. The SMILES string of the molecule is NCCc1ccc(CN2CC=CC2)cc1. The first kappa shape index (κ1) is 10.4. The minimum absolute atomic E-state index is 0.732. The minimum Gasteiger partial charge on any atom is -0.330 e. The van der Waals surface area contributed by atoms with E-state index in [4.69, 9.17) is 5.73 Å². The van der Waals surface area contributed by atoms with Gasteiger partial charge in [0, 0.05) is 19.6 Å². The highest BCUT2D eigenvalue weighted by Crippen LogP contribution is 2.10. The second-order valence-corrected chi connectivity index (χ2v) is 4.02. The lowest BCUT2D eigenvalue weighted by molar-refractivity contribution is 0.345. The normalized spacial score (nSPS) is 16.1. The zero-order chi connectivity index (χ0) is 10.5. The van der Waals surface area contributed by atoms with Crippen molar-refractivity contribution in [1.82, 2.24) is 4.90 Å². The van der Waals surface area contributed by atoms with Crippen molar-refractivity contribution >= 4 is 0 Å². The van der Waals surface area contributed by atoms with Crippen molar-refractivity contribution in [3.8, 4) is 0 Å². The fourth-order valence-electron chi connectivity index (χ4n) is 1.89. The summed E-state index contributed by atoms with van der Waals surface area (Å²) in [6, 6.07) is 8.80. The van der Waals surface area contributed by atoms with E-state index in [0.29, 0.717) is 0 Å². The van der Waals surface area contributed by atoms with E-state index in [1.165, 1.54) is 11.1 Å². The van der Waals surface area contributed by atoms with E-state index in [-0.39, 0.29) is 0 Å². The molecule has 0 atom stereocenters. The first-order chi connectivity index (χ1) is 7.38. The summed E-state index contributed by atoms with van der Waals surface area (Å²) < 4.78 is 0. The van der Waals surface area contributed by atoms with E-state index < -0.39 is 0 Å². The van der Waals surface area contributed by atoms with Gasteiger partial charge in [0.1, 0.15) is 0 Å². The van der Waals surface area contributed by atoms with Crippen LogP contribution in [0, 0.1) is 0 Å². The van der Waals surface area contributed by atoms with Gasteiger partial charge in [-0.25, -0.2) is 0 Å². The number of hydrogen-bond acceptors (Lipinski definition) is 2. The molecule has 2 nitrogen and oxygen atoms in total. The Bertz CT molecular complexity index is 319. The van der Waals surface area contributed by atoms with Crippen molar-refractivity contribution in [3.05, 3.63) is 47.5 Å². The Hall–Kier alpha value is -1.12. The van der Waals surface area contributed by atoms with Crippen LogP contribution >= 0.6 is 0 Å². The highest BCUT2D eigenvalue weighted by atomic mass is 15.1. The van der Waals surface area contributed by atoms with Gasteiger partial charge in [0.25, 0.3) is 0 Å². The Labute approximate surface area is 91.4 Å². The van der Waals surface area contributed by atoms with Gasteiger partial charge in [-0.2, -0.15) is 0 Å². The standard InChI is InChI=1S/C13H18N2/c14-8-7-12-3-5-13(6-4-12)11-15-9-1-2-10-15/h1-6H,7-11,14H2. The summed E-state index contributed by atoms with van der Waals surface area (Å²) >= 11 is 0. The van der Waals surface area contributed by atoms with Gasteiger partial charge in [-0.15, -0.1) is 0 Å². The van der Waals surface area contributed by atoms with Crippen molar-refractivity contribution in [2.45, 2.75) is 13.0 Å². The molecular formula is C13H18N2. The molecule has 0 aromatic heterocycles. The first-order valence-electron chi connectivity index (χ1n) is 5.54. The number of nitrogens with zero attached hydrogens (tertiary/aromatic N) is 1. The van der Waals surface area contributed by atoms with Crippen LogP contribution in [0.3, 0.4) is 0 Å². The van der Waals surface area contributed by atoms with Gasteiger partial charge in [0.05, 0.1) is 0 Å². The largest absolute Gasteiger partial charge is 0.330 e. The minimum atomic E-state index is 0.732. The zero-order valence-electron chi connectivity index (χ0n) is 9.02. The van der Waals surface area contributed by atoms with Crippen molar-refractivity contribution in [2.24, 2.45) is 5.73 Å². The van der Waals surface area contributed by atoms with Gasteiger partial charge in [0.2, 0.25) is 0 Å². The molecule has 15 heavy (non-hydrogen) atoms. The molecule has 1 aliphatic heterocycles. The van der Waals surface area contributed by atoms with E-state index in [0.717, 1.165) is 32.6 Å². The molecule has 0 radical (unpaired) electrons. The van der Waals surface area contributed by atoms with Gasteiger partial charge in [-0.3, -0.25) is 4.90 Å². The molecular weight excluding hydrogens is 184 g/mol. The fourth-order valence-corrected chi connectivity index (χ4v) is 1.89. The average Bonchev–Trinajstić information content (AvgIpc) is 2.74. The van der Waals surface area contributed by atoms with Crippen LogP contribution in [0.25, 0.3) is 0 Å². The van der Waals surface area contributed by atoms with Crippen LogP contribution in [0.4, 0.5) is 0 Å². The molecule has 0 bridgehead atoms. The van der Waals surface area contributed by atoms with Crippen LogP contribution in [0.5, 0.6) is 0 Å². The van der Waals surface area contributed by atoms with E-state index >= 15 is 0 Å². The van der Waals surface area contributed by atoms with Crippen molar-refractivity contribution < 1.29 is 0 Å². The highest BCUT2D eigenvalue weighted by molar-refractivity contribution is 5.23.